The number of pyridine rings is 1. The van der Waals surface area contributed by atoms with E-state index in [0.29, 0.717) is 22.0 Å². The molecule has 0 bridgehead atoms. The molecule has 3 nitrogen and oxygen atoms in total. The summed E-state index contributed by atoms with van der Waals surface area (Å²) in [5, 5.41) is 1.12. The van der Waals surface area contributed by atoms with Crippen LogP contribution in [0.5, 0.6) is 0 Å². The molecule has 1 fully saturated rings. The normalized spacial score (nSPS) is 22.5. The lowest BCUT2D eigenvalue weighted by molar-refractivity contribution is 0.0735. The number of nitrogens with zero attached hydrogens (tertiary/aromatic N) is 2. The van der Waals surface area contributed by atoms with Gasteiger partial charge in [-0.1, -0.05) is 18.5 Å². The molecule has 0 aromatic carbocycles. The zero-order valence-electron chi connectivity index (χ0n) is 11.3. The first-order valence-electron chi connectivity index (χ1n) is 6.62. The molecule has 1 aromatic heterocycles. The van der Waals surface area contributed by atoms with Crippen molar-refractivity contribution < 1.29 is 4.79 Å². The summed E-state index contributed by atoms with van der Waals surface area (Å²) in [6.45, 7) is 2.19. The summed E-state index contributed by atoms with van der Waals surface area (Å²) in [6.07, 6.45) is 4.96. The van der Waals surface area contributed by atoms with Gasteiger partial charge in [-0.05, 0) is 37.1 Å². The van der Waals surface area contributed by atoms with E-state index in [1.165, 1.54) is 6.42 Å². The molecular formula is C14H19ClN2OS. The fraction of sp³-hybridized carbons (Fsp3) is 0.571. The lowest BCUT2D eigenvalue weighted by Gasteiger charge is -2.24. The van der Waals surface area contributed by atoms with Crippen molar-refractivity contribution in [3.05, 3.63) is 29.0 Å². The summed E-state index contributed by atoms with van der Waals surface area (Å²) >= 11 is 7.74. The quantitative estimate of drug-likeness (QED) is 0.798. The topological polar surface area (TPSA) is 33.2 Å². The molecule has 1 heterocycles. The molecule has 19 heavy (non-hydrogen) atoms. The molecule has 1 aliphatic rings. The molecule has 0 spiro atoms. The van der Waals surface area contributed by atoms with Gasteiger partial charge in [-0.3, -0.25) is 4.79 Å². The highest BCUT2D eigenvalue weighted by Crippen LogP contribution is 2.32. The Labute approximate surface area is 123 Å². The zero-order chi connectivity index (χ0) is 13.8. The number of carbonyl (C=O) groups excluding carboxylic acids is 1. The first kappa shape index (κ1) is 14.7. The van der Waals surface area contributed by atoms with Crippen molar-refractivity contribution >= 4 is 29.3 Å². The first-order valence-corrected chi connectivity index (χ1v) is 8.04. The van der Waals surface area contributed by atoms with E-state index in [4.69, 9.17) is 11.6 Å². The lowest BCUT2D eigenvalue weighted by atomic mass is 10.2. The summed E-state index contributed by atoms with van der Waals surface area (Å²) in [5.74, 6) is 1.19. The van der Waals surface area contributed by atoms with Crippen LogP contribution in [0.1, 0.15) is 36.5 Å². The summed E-state index contributed by atoms with van der Waals surface area (Å²) in [6, 6.07) is 3.75. The number of hydrogen-bond acceptors (Lipinski definition) is 3. The predicted octanol–water partition coefficient (Wildman–Crippen LogP) is 3.48. The van der Waals surface area contributed by atoms with Crippen molar-refractivity contribution in [2.45, 2.75) is 37.5 Å². The van der Waals surface area contributed by atoms with Crippen LogP contribution in [0.3, 0.4) is 0 Å². The zero-order valence-corrected chi connectivity index (χ0v) is 12.9. The summed E-state index contributed by atoms with van der Waals surface area (Å²) in [5.41, 5.74) is 0.610. The van der Waals surface area contributed by atoms with Crippen molar-refractivity contribution in [3.8, 4) is 0 Å². The van der Waals surface area contributed by atoms with Crippen molar-refractivity contribution in [1.82, 2.24) is 9.88 Å². The highest BCUT2D eigenvalue weighted by Gasteiger charge is 2.30. The van der Waals surface area contributed by atoms with Gasteiger partial charge in [-0.2, -0.15) is 11.8 Å². The third-order valence-electron chi connectivity index (χ3n) is 3.60. The van der Waals surface area contributed by atoms with E-state index in [1.807, 2.05) is 23.7 Å². The molecule has 1 amide bonds. The van der Waals surface area contributed by atoms with Gasteiger partial charge in [-0.15, -0.1) is 0 Å². The standard InChI is InChI=1S/C14H19ClN2OS/c1-3-19-12-6-5-11(8-12)17(2)14(18)10-4-7-13(15)16-9-10/h4,7,9,11-12H,3,5-6,8H2,1-2H3/t11-,12+/m1/s1. The Hall–Kier alpha value is -0.740. The number of amides is 1. The van der Waals surface area contributed by atoms with Gasteiger partial charge in [0.1, 0.15) is 5.15 Å². The Balaban J connectivity index is 1.98. The van der Waals surface area contributed by atoms with E-state index in [1.54, 1.807) is 18.3 Å². The van der Waals surface area contributed by atoms with Crippen molar-refractivity contribution in [3.63, 3.8) is 0 Å². The molecule has 5 heteroatoms. The third kappa shape index (κ3) is 3.63. The fourth-order valence-electron chi connectivity index (χ4n) is 2.53. The monoisotopic (exact) mass is 298 g/mol. The third-order valence-corrected chi connectivity index (χ3v) is 5.06. The molecule has 0 N–H and O–H groups in total. The Bertz CT molecular complexity index is 438. The fourth-order valence-corrected chi connectivity index (χ4v) is 3.77. The summed E-state index contributed by atoms with van der Waals surface area (Å²) in [7, 11) is 1.89. The number of aromatic nitrogens is 1. The van der Waals surface area contributed by atoms with E-state index >= 15 is 0 Å². The van der Waals surface area contributed by atoms with E-state index in [-0.39, 0.29) is 5.91 Å². The van der Waals surface area contributed by atoms with Gasteiger partial charge < -0.3 is 4.90 Å². The van der Waals surface area contributed by atoms with Crippen LogP contribution >= 0.6 is 23.4 Å². The van der Waals surface area contributed by atoms with Crippen LogP contribution in [0.25, 0.3) is 0 Å². The van der Waals surface area contributed by atoms with E-state index in [9.17, 15) is 4.79 Å². The van der Waals surface area contributed by atoms with Crippen LogP contribution in [0.15, 0.2) is 18.3 Å². The molecule has 0 aliphatic heterocycles. The highest BCUT2D eigenvalue weighted by molar-refractivity contribution is 7.99. The van der Waals surface area contributed by atoms with Crippen LogP contribution < -0.4 is 0 Å². The van der Waals surface area contributed by atoms with Crippen LogP contribution in [-0.4, -0.2) is 39.9 Å². The molecule has 0 unspecified atom stereocenters. The molecule has 2 atom stereocenters. The molecule has 1 aromatic rings. The minimum atomic E-state index is 0.0383. The Morgan fingerprint density at radius 2 is 2.32 bits per heavy atom. The molecule has 104 valence electrons. The minimum absolute atomic E-state index is 0.0383. The Morgan fingerprint density at radius 1 is 1.53 bits per heavy atom. The van der Waals surface area contributed by atoms with Gasteiger partial charge >= 0.3 is 0 Å². The minimum Gasteiger partial charge on any atom is -0.339 e. The van der Waals surface area contributed by atoms with Gasteiger partial charge in [0.15, 0.2) is 0 Å². The second-order valence-electron chi connectivity index (χ2n) is 4.83. The van der Waals surface area contributed by atoms with E-state index in [2.05, 4.69) is 11.9 Å². The Morgan fingerprint density at radius 3 is 2.95 bits per heavy atom. The smallest absolute Gasteiger partial charge is 0.255 e. The van der Waals surface area contributed by atoms with Gasteiger partial charge in [0, 0.05) is 24.5 Å². The highest BCUT2D eigenvalue weighted by atomic mass is 35.5. The average molecular weight is 299 g/mol. The summed E-state index contributed by atoms with van der Waals surface area (Å²) in [4.78, 5) is 18.2. The second kappa shape index (κ2) is 6.62. The van der Waals surface area contributed by atoms with Gasteiger partial charge in [0.25, 0.3) is 5.91 Å². The van der Waals surface area contributed by atoms with E-state index < -0.39 is 0 Å². The molecule has 0 radical (unpaired) electrons. The van der Waals surface area contributed by atoms with Gasteiger partial charge in [0.05, 0.1) is 5.56 Å². The average Bonchev–Trinajstić information content (AvgIpc) is 2.87. The van der Waals surface area contributed by atoms with Crippen molar-refractivity contribution in [2.24, 2.45) is 0 Å². The molecule has 2 rings (SSSR count). The second-order valence-corrected chi connectivity index (χ2v) is 6.79. The maximum Gasteiger partial charge on any atom is 0.255 e. The van der Waals surface area contributed by atoms with Crippen molar-refractivity contribution in [2.75, 3.05) is 12.8 Å². The SMILES string of the molecule is CCS[C@H]1CC[C@@H](N(C)C(=O)c2ccc(Cl)nc2)C1. The summed E-state index contributed by atoms with van der Waals surface area (Å²) < 4.78 is 0. The number of hydrogen-bond donors (Lipinski definition) is 0. The van der Waals surface area contributed by atoms with Crippen LogP contribution in [-0.2, 0) is 0 Å². The molecular weight excluding hydrogens is 280 g/mol. The van der Waals surface area contributed by atoms with Gasteiger partial charge in [0.2, 0.25) is 0 Å². The number of rotatable bonds is 4. The van der Waals surface area contributed by atoms with Crippen molar-refractivity contribution in [1.29, 1.82) is 0 Å². The lowest BCUT2D eigenvalue weighted by Crippen LogP contribution is -2.35. The maximum absolute atomic E-state index is 12.3. The van der Waals surface area contributed by atoms with Crippen LogP contribution in [0.2, 0.25) is 5.15 Å². The maximum atomic E-state index is 12.3. The van der Waals surface area contributed by atoms with E-state index in [0.717, 1.165) is 18.6 Å². The van der Waals surface area contributed by atoms with Crippen LogP contribution in [0.4, 0.5) is 0 Å². The molecule has 1 saturated carbocycles. The molecule has 1 aliphatic carbocycles. The van der Waals surface area contributed by atoms with Crippen LogP contribution in [0, 0.1) is 0 Å². The number of carbonyl (C=O) groups is 1. The largest absolute Gasteiger partial charge is 0.339 e. The Kier molecular flexibility index (Phi) is 5.11. The predicted molar refractivity (Wildman–Crippen MR) is 80.9 cm³/mol. The first-order chi connectivity index (χ1) is 9.11. The number of thioether (sulfide) groups is 1. The van der Waals surface area contributed by atoms with Gasteiger partial charge in [-0.25, -0.2) is 4.98 Å². The number of halogens is 1. The molecule has 0 saturated heterocycles.